The van der Waals surface area contributed by atoms with Crippen LogP contribution in [-0.2, 0) is 11.3 Å². The number of unbranched alkanes of at least 4 members (excludes halogenated alkanes) is 1. The lowest BCUT2D eigenvalue weighted by molar-refractivity contribution is -0.139. The molecule has 28 heavy (non-hydrogen) atoms. The fourth-order valence-corrected chi connectivity index (χ4v) is 3.27. The number of para-hydroxylation sites is 1. The van der Waals surface area contributed by atoms with Crippen molar-refractivity contribution in [1.29, 1.82) is 0 Å². The van der Waals surface area contributed by atoms with E-state index in [0.717, 1.165) is 40.9 Å². The minimum absolute atomic E-state index is 0.456. The zero-order valence-electron chi connectivity index (χ0n) is 16.4. The van der Waals surface area contributed by atoms with E-state index in [1.165, 1.54) is 0 Å². The number of benzene rings is 2. The third-order valence-corrected chi connectivity index (χ3v) is 4.89. The van der Waals surface area contributed by atoms with Crippen molar-refractivity contribution in [3.63, 3.8) is 0 Å². The van der Waals surface area contributed by atoms with Crippen molar-refractivity contribution in [1.82, 2.24) is 15.1 Å². The summed E-state index contributed by atoms with van der Waals surface area (Å²) in [6.45, 7) is 4.59. The third-order valence-electron chi connectivity index (χ3n) is 4.89. The van der Waals surface area contributed by atoms with Gasteiger partial charge in [-0.3, -0.25) is 4.79 Å². The Labute approximate surface area is 166 Å². The number of nitrogens with zero attached hydrogens (tertiary/aromatic N) is 2. The molecule has 146 valence electrons. The molecular weight excluding hydrogens is 350 g/mol. The summed E-state index contributed by atoms with van der Waals surface area (Å²) in [6.07, 6.45) is 4.48. The summed E-state index contributed by atoms with van der Waals surface area (Å²) < 4.78 is 1.86. The largest absolute Gasteiger partial charge is 0.480 e. The van der Waals surface area contributed by atoms with Gasteiger partial charge in [0, 0.05) is 23.9 Å². The number of nitrogens with one attached hydrogen (secondary N) is 1. The van der Waals surface area contributed by atoms with E-state index in [4.69, 9.17) is 5.10 Å². The Morgan fingerprint density at radius 2 is 1.86 bits per heavy atom. The minimum atomic E-state index is -0.804. The van der Waals surface area contributed by atoms with Gasteiger partial charge in [-0.15, -0.1) is 0 Å². The van der Waals surface area contributed by atoms with Gasteiger partial charge in [-0.1, -0.05) is 62.2 Å². The lowest BCUT2D eigenvalue weighted by atomic mass is 10.0. The molecule has 3 rings (SSSR count). The van der Waals surface area contributed by atoms with E-state index in [1.54, 1.807) is 0 Å². The fraction of sp³-hybridized carbons (Fsp3) is 0.304. The number of aromatic nitrogens is 2. The number of rotatable bonds is 9. The third kappa shape index (κ3) is 4.67. The first-order valence-corrected chi connectivity index (χ1v) is 9.76. The van der Waals surface area contributed by atoms with Crippen LogP contribution in [0.5, 0.6) is 0 Å². The Balaban J connectivity index is 1.93. The second-order valence-electron chi connectivity index (χ2n) is 7.01. The van der Waals surface area contributed by atoms with Crippen LogP contribution >= 0.6 is 0 Å². The number of carboxylic acid groups (broad SMARTS) is 1. The van der Waals surface area contributed by atoms with Crippen LogP contribution < -0.4 is 5.32 Å². The predicted molar refractivity (Wildman–Crippen MR) is 112 cm³/mol. The summed E-state index contributed by atoms with van der Waals surface area (Å²) in [4.78, 5) is 11.6. The monoisotopic (exact) mass is 377 g/mol. The fourth-order valence-electron chi connectivity index (χ4n) is 3.27. The summed E-state index contributed by atoms with van der Waals surface area (Å²) >= 11 is 0. The lowest BCUT2D eigenvalue weighted by Crippen LogP contribution is -2.36. The van der Waals surface area contributed by atoms with Crippen LogP contribution in [0.3, 0.4) is 0 Å². The van der Waals surface area contributed by atoms with Gasteiger partial charge in [-0.25, -0.2) is 4.68 Å². The highest BCUT2D eigenvalue weighted by atomic mass is 16.4. The molecule has 0 radical (unpaired) electrons. The van der Waals surface area contributed by atoms with Gasteiger partial charge in [0.2, 0.25) is 0 Å². The van der Waals surface area contributed by atoms with Crippen molar-refractivity contribution in [2.75, 3.05) is 0 Å². The van der Waals surface area contributed by atoms with Crippen LogP contribution in [0.1, 0.15) is 37.3 Å². The molecule has 2 N–H and O–H groups in total. The first-order valence-electron chi connectivity index (χ1n) is 9.76. The first kappa shape index (κ1) is 19.8. The van der Waals surface area contributed by atoms with Crippen LogP contribution in [-0.4, -0.2) is 26.9 Å². The molecule has 0 saturated heterocycles. The maximum absolute atomic E-state index is 11.6. The molecule has 0 aliphatic heterocycles. The van der Waals surface area contributed by atoms with Gasteiger partial charge >= 0.3 is 5.97 Å². The van der Waals surface area contributed by atoms with Gasteiger partial charge in [0.25, 0.3) is 0 Å². The molecule has 0 aliphatic rings. The summed E-state index contributed by atoms with van der Waals surface area (Å²) in [5.74, 6) is -0.804. The number of carbonyl (C=O) groups is 1. The zero-order valence-corrected chi connectivity index (χ0v) is 16.4. The zero-order chi connectivity index (χ0) is 19.9. The Morgan fingerprint density at radius 1 is 1.14 bits per heavy atom. The number of aryl methyl sites for hydroxylation is 1. The van der Waals surface area contributed by atoms with Crippen molar-refractivity contribution in [3.8, 4) is 16.9 Å². The Morgan fingerprint density at radius 3 is 2.54 bits per heavy atom. The molecule has 0 fully saturated rings. The van der Waals surface area contributed by atoms with E-state index >= 15 is 0 Å². The molecule has 0 spiro atoms. The number of aliphatic carboxylic acids is 1. The SMILES string of the molecule is CCCC[C@H](NCc1cn(-c2ccccc2)nc1-c1ccccc1C)C(=O)O. The molecule has 3 aromatic rings. The van der Waals surface area contributed by atoms with Gasteiger partial charge in [-0.05, 0) is 31.0 Å². The number of carboxylic acids is 1. The summed E-state index contributed by atoms with van der Waals surface area (Å²) in [5.41, 5.74) is 5.05. The van der Waals surface area contributed by atoms with Gasteiger partial charge < -0.3 is 10.4 Å². The maximum Gasteiger partial charge on any atom is 0.320 e. The summed E-state index contributed by atoms with van der Waals surface area (Å²) in [5, 5.41) is 17.5. The van der Waals surface area contributed by atoms with Crippen LogP contribution in [0, 0.1) is 6.92 Å². The maximum atomic E-state index is 11.6. The highest BCUT2D eigenvalue weighted by Gasteiger charge is 2.19. The van der Waals surface area contributed by atoms with E-state index in [9.17, 15) is 9.90 Å². The first-order chi connectivity index (χ1) is 13.6. The quantitative estimate of drug-likeness (QED) is 0.573. The van der Waals surface area contributed by atoms with Crippen LogP contribution in [0.2, 0.25) is 0 Å². The standard InChI is InChI=1S/C23H27N3O2/c1-3-4-14-21(23(27)28)24-15-18-16-26(19-11-6-5-7-12-19)25-22(18)20-13-9-8-10-17(20)2/h5-13,16,21,24H,3-4,14-15H2,1-2H3,(H,27,28)/t21-/m0/s1. The van der Waals surface area contributed by atoms with E-state index in [1.807, 2.05) is 53.3 Å². The van der Waals surface area contributed by atoms with Crippen LogP contribution in [0.15, 0.2) is 60.8 Å². The summed E-state index contributed by atoms with van der Waals surface area (Å²) in [7, 11) is 0. The molecule has 1 atom stereocenters. The second kappa shape index (κ2) is 9.33. The van der Waals surface area contributed by atoms with Crippen LogP contribution in [0.25, 0.3) is 16.9 Å². The molecular formula is C23H27N3O2. The normalized spacial score (nSPS) is 12.1. The minimum Gasteiger partial charge on any atom is -0.480 e. The van der Waals surface area contributed by atoms with Crippen molar-refractivity contribution >= 4 is 5.97 Å². The number of hydrogen-bond acceptors (Lipinski definition) is 3. The highest BCUT2D eigenvalue weighted by Crippen LogP contribution is 2.26. The predicted octanol–water partition coefficient (Wildman–Crippen LogP) is 4.58. The average Bonchev–Trinajstić information content (AvgIpc) is 3.13. The van der Waals surface area contributed by atoms with E-state index < -0.39 is 12.0 Å². The molecule has 0 saturated carbocycles. The highest BCUT2D eigenvalue weighted by molar-refractivity contribution is 5.73. The Hall–Kier alpha value is -2.92. The smallest absolute Gasteiger partial charge is 0.320 e. The molecule has 0 unspecified atom stereocenters. The molecule has 0 bridgehead atoms. The Kier molecular flexibility index (Phi) is 6.61. The molecule has 1 heterocycles. The van der Waals surface area contributed by atoms with Gasteiger partial charge in [0.15, 0.2) is 0 Å². The molecule has 0 aliphatic carbocycles. The number of hydrogen-bond donors (Lipinski definition) is 2. The van der Waals surface area contributed by atoms with Gasteiger partial charge in [-0.2, -0.15) is 5.10 Å². The van der Waals surface area contributed by atoms with Crippen molar-refractivity contribution in [3.05, 3.63) is 71.9 Å². The van der Waals surface area contributed by atoms with Gasteiger partial charge in [0.05, 0.1) is 11.4 Å². The van der Waals surface area contributed by atoms with Gasteiger partial charge in [0.1, 0.15) is 6.04 Å². The molecule has 5 heteroatoms. The van der Waals surface area contributed by atoms with Crippen molar-refractivity contribution < 1.29 is 9.90 Å². The average molecular weight is 377 g/mol. The Bertz CT molecular complexity index is 919. The summed E-state index contributed by atoms with van der Waals surface area (Å²) in [6, 6.07) is 17.5. The van der Waals surface area contributed by atoms with Crippen molar-refractivity contribution in [2.24, 2.45) is 0 Å². The van der Waals surface area contributed by atoms with Crippen LogP contribution in [0.4, 0.5) is 0 Å². The van der Waals surface area contributed by atoms with E-state index in [-0.39, 0.29) is 0 Å². The lowest BCUT2D eigenvalue weighted by Gasteiger charge is -2.14. The second-order valence-corrected chi connectivity index (χ2v) is 7.01. The molecule has 0 amide bonds. The van der Waals surface area contributed by atoms with Crippen molar-refractivity contribution in [2.45, 2.75) is 45.7 Å². The molecule has 2 aromatic carbocycles. The molecule has 5 nitrogen and oxygen atoms in total. The van der Waals surface area contributed by atoms with E-state index in [2.05, 4.69) is 31.3 Å². The van der Waals surface area contributed by atoms with E-state index in [0.29, 0.717) is 13.0 Å². The topological polar surface area (TPSA) is 67.2 Å². The molecule has 1 aromatic heterocycles.